The van der Waals surface area contributed by atoms with Gasteiger partial charge in [-0.25, -0.2) is 13.1 Å². The summed E-state index contributed by atoms with van der Waals surface area (Å²) in [5.74, 6) is -0.0326. The van der Waals surface area contributed by atoms with Crippen LogP contribution >= 0.6 is 0 Å². The summed E-state index contributed by atoms with van der Waals surface area (Å²) in [6, 6.07) is 11.7. The second-order valence-corrected chi connectivity index (χ2v) is 11.1. The van der Waals surface area contributed by atoms with Crippen molar-refractivity contribution in [1.29, 1.82) is 0 Å². The van der Waals surface area contributed by atoms with E-state index in [1.54, 1.807) is 43.9 Å². The maximum atomic E-state index is 13.0. The molecule has 0 saturated carbocycles. The fourth-order valence-electron chi connectivity index (χ4n) is 3.80. The van der Waals surface area contributed by atoms with Crippen molar-refractivity contribution in [3.8, 4) is 0 Å². The molecule has 0 bridgehead atoms. The van der Waals surface area contributed by atoms with Crippen molar-refractivity contribution >= 4 is 21.6 Å². The molecule has 34 heavy (non-hydrogen) atoms. The highest BCUT2D eigenvalue weighted by atomic mass is 32.2. The van der Waals surface area contributed by atoms with Crippen molar-refractivity contribution in [3.05, 3.63) is 59.7 Å². The number of hydrogen-bond acceptors (Lipinski definition) is 4. The van der Waals surface area contributed by atoms with E-state index in [-0.39, 0.29) is 17.2 Å². The van der Waals surface area contributed by atoms with Crippen LogP contribution in [0.1, 0.15) is 38.3 Å². The number of piperazine rings is 1. The van der Waals surface area contributed by atoms with Crippen LogP contribution in [0.2, 0.25) is 0 Å². The maximum absolute atomic E-state index is 13.0. The molecule has 1 fully saturated rings. The second-order valence-electron chi connectivity index (χ2n) is 9.42. The quantitative estimate of drug-likeness (QED) is 0.654. The Labute approximate surface area is 198 Å². The number of nitrogens with one attached hydrogen (secondary N) is 1. The predicted octanol–water partition coefficient (Wildman–Crippen LogP) is 4.06. The fraction of sp³-hybridized carbons (Fsp3) is 0.458. The van der Waals surface area contributed by atoms with Crippen molar-refractivity contribution in [2.75, 3.05) is 31.1 Å². The molecule has 0 radical (unpaired) electrons. The number of aryl methyl sites for hydroxylation is 1. The zero-order valence-electron chi connectivity index (χ0n) is 19.5. The first-order valence-corrected chi connectivity index (χ1v) is 12.6. The topological polar surface area (TPSA) is 69.7 Å². The van der Waals surface area contributed by atoms with Gasteiger partial charge < -0.3 is 9.80 Å². The van der Waals surface area contributed by atoms with Gasteiger partial charge in [0.2, 0.25) is 15.9 Å². The molecule has 1 amide bonds. The summed E-state index contributed by atoms with van der Waals surface area (Å²) in [6.07, 6.45) is -3.64. The van der Waals surface area contributed by atoms with E-state index in [9.17, 15) is 26.4 Å². The Morgan fingerprint density at radius 2 is 1.59 bits per heavy atom. The van der Waals surface area contributed by atoms with Crippen LogP contribution in [0.5, 0.6) is 0 Å². The monoisotopic (exact) mass is 497 g/mol. The van der Waals surface area contributed by atoms with E-state index in [0.29, 0.717) is 38.3 Å². The van der Waals surface area contributed by atoms with Gasteiger partial charge in [0.15, 0.2) is 0 Å². The summed E-state index contributed by atoms with van der Waals surface area (Å²) in [5, 5.41) is 0. The summed E-state index contributed by atoms with van der Waals surface area (Å²) in [5.41, 5.74) is 0.0785. The number of rotatable bonds is 6. The molecule has 186 valence electrons. The van der Waals surface area contributed by atoms with Crippen molar-refractivity contribution in [2.24, 2.45) is 0 Å². The molecule has 0 aliphatic carbocycles. The Kier molecular flexibility index (Phi) is 7.62. The van der Waals surface area contributed by atoms with Crippen LogP contribution < -0.4 is 9.62 Å². The third-order valence-corrected chi connectivity index (χ3v) is 7.25. The van der Waals surface area contributed by atoms with Gasteiger partial charge in [-0.1, -0.05) is 18.2 Å². The Hall–Kier alpha value is -2.59. The molecule has 6 nitrogen and oxygen atoms in total. The van der Waals surface area contributed by atoms with Crippen molar-refractivity contribution in [2.45, 2.75) is 50.2 Å². The van der Waals surface area contributed by atoms with Crippen LogP contribution in [-0.4, -0.2) is 50.9 Å². The zero-order valence-corrected chi connectivity index (χ0v) is 20.3. The van der Waals surface area contributed by atoms with Crippen LogP contribution in [0.15, 0.2) is 53.4 Å². The minimum Gasteiger partial charge on any atom is -0.368 e. The highest BCUT2D eigenvalue weighted by molar-refractivity contribution is 7.89. The molecule has 10 heteroatoms. The molecular weight excluding hydrogens is 467 g/mol. The Morgan fingerprint density at radius 1 is 0.971 bits per heavy atom. The fourth-order valence-corrected chi connectivity index (χ4v) is 5.22. The molecule has 0 unspecified atom stereocenters. The number of anilines is 1. The lowest BCUT2D eigenvalue weighted by Gasteiger charge is -2.36. The third kappa shape index (κ3) is 6.96. The molecule has 1 saturated heterocycles. The minimum atomic E-state index is -4.39. The minimum absolute atomic E-state index is 0.0326. The van der Waals surface area contributed by atoms with Gasteiger partial charge >= 0.3 is 6.18 Å². The van der Waals surface area contributed by atoms with Crippen LogP contribution in [-0.2, 0) is 27.4 Å². The summed E-state index contributed by atoms with van der Waals surface area (Å²) in [4.78, 5) is 16.4. The molecular formula is C24H30F3N3O3S. The number of benzene rings is 2. The van der Waals surface area contributed by atoms with E-state index in [4.69, 9.17) is 0 Å². The van der Waals surface area contributed by atoms with Gasteiger partial charge in [-0.3, -0.25) is 4.79 Å². The van der Waals surface area contributed by atoms with Gasteiger partial charge in [0, 0.05) is 43.8 Å². The van der Waals surface area contributed by atoms with Crippen LogP contribution in [0, 0.1) is 0 Å². The zero-order chi connectivity index (χ0) is 25.1. The normalized spacial score (nSPS) is 15.5. The van der Waals surface area contributed by atoms with Crippen molar-refractivity contribution in [1.82, 2.24) is 9.62 Å². The molecule has 1 N–H and O–H groups in total. The number of amides is 1. The molecule has 0 aromatic heterocycles. The van der Waals surface area contributed by atoms with Crippen molar-refractivity contribution in [3.63, 3.8) is 0 Å². The second kappa shape index (κ2) is 9.95. The van der Waals surface area contributed by atoms with Crippen molar-refractivity contribution < 1.29 is 26.4 Å². The standard InChI is InChI=1S/C24H30F3N3O3S/c1-23(2,3)28-34(32,33)21-10-7-18(8-11-21)9-12-22(31)30-15-13-29(14-16-30)20-6-4-5-19(17-20)24(25,26)27/h4-8,10-11,17,28H,9,12-16H2,1-3H3. The molecule has 0 spiro atoms. The van der Waals surface area contributed by atoms with E-state index < -0.39 is 27.3 Å². The molecule has 3 rings (SSSR count). The highest BCUT2D eigenvalue weighted by Crippen LogP contribution is 2.32. The molecule has 0 atom stereocenters. The van der Waals surface area contributed by atoms with Gasteiger partial charge in [-0.15, -0.1) is 0 Å². The van der Waals surface area contributed by atoms with E-state index in [1.807, 2.05) is 4.90 Å². The average molecular weight is 498 g/mol. The number of halogens is 3. The van der Waals surface area contributed by atoms with Gasteiger partial charge in [0.1, 0.15) is 0 Å². The lowest BCUT2D eigenvalue weighted by atomic mass is 10.1. The molecule has 1 heterocycles. The number of alkyl halides is 3. The Balaban J connectivity index is 1.51. The van der Waals surface area contributed by atoms with Gasteiger partial charge in [-0.05, 0) is 63.1 Å². The highest BCUT2D eigenvalue weighted by Gasteiger charge is 2.31. The SMILES string of the molecule is CC(C)(C)NS(=O)(=O)c1ccc(CCC(=O)N2CCN(c3cccc(C(F)(F)F)c3)CC2)cc1. The number of nitrogens with zero attached hydrogens (tertiary/aromatic N) is 2. The molecule has 1 aliphatic heterocycles. The van der Waals surface area contributed by atoms with E-state index in [2.05, 4.69) is 4.72 Å². The lowest BCUT2D eigenvalue weighted by molar-refractivity contribution is -0.137. The Bertz CT molecular complexity index is 1100. The Morgan fingerprint density at radius 3 is 2.15 bits per heavy atom. The summed E-state index contributed by atoms with van der Waals surface area (Å²) in [7, 11) is -3.61. The molecule has 2 aromatic carbocycles. The van der Waals surface area contributed by atoms with Gasteiger partial charge in [0.25, 0.3) is 0 Å². The first-order chi connectivity index (χ1) is 15.7. The van der Waals surface area contributed by atoms with Crippen LogP contribution in [0.3, 0.4) is 0 Å². The molecule has 2 aromatic rings. The maximum Gasteiger partial charge on any atom is 0.416 e. The number of carbonyl (C=O) groups is 1. The van der Waals surface area contributed by atoms with Gasteiger partial charge in [-0.2, -0.15) is 13.2 Å². The lowest BCUT2D eigenvalue weighted by Crippen LogP contribution is -2.48. The number of hydrogen-bond donors (Lipinski definition) is 1. The summed E-state index contributed by atoms with van der Waals surface area (Å²) < 4.78 is 66.3. The summed E-state index contributed by atoms with van der Waals surface area (Å²) >= 11 is 0. The van der Waals surface area contributed by atoms with Crippen LogP contribution in [0.4, 0.5) is 18.9 Å². The average Bonchev–Trinajstić information content (AvgIpc) is 2.76. The first-order valence-electron chi connectivity index (χ1n) is 11.1. The van der Waals surface area contributed by atoms with E-state index in [0.717, 1.165) is 17.7 Å². The predicted molar refractivity (Wildman–Crippen MR) is 125 cm³/mol. The summed E-state index contributed by atoms with van der Waals surface area (Å²) in [6.45, 7) is 7.09. The van der Waals surface area contributed by atoms with Gasteiger partial charge in [0.05, 0.1) is 10.5 Å². The third-order valence-electron chi connectivity index (χ3n) is 5.47. The molecule has 1 aliphatic rings. The first kappa shape index (κ1) is 26.0. The van der Waals surface area contributed by atoms with E-state index >= 15 is 0 Å². The van der Waals surface area contributed by atoms with E-state index in [1.165, 1.54) is 18.2 Å². The number of sulfonamides is 1. The van der Waals surface area contributed by atoms with Crippen LogP contribution in [0.25, 0.3) is 0 Å². The largest absolute Gasteiger partial charge is 0.416 e. The number of carbonyl (C=O) groups excluding carboxylic acids is 1. The smallest absolute Gasteiger partial charge is 0.368 e.